The highest BCUT2D eigenvalue weighted by atomic mass is 19.1. The van der Waals surface area contributed by atoms with Gasteiger partial charge in [-0.2, -0.15) is 0 Å². The van der Waals surface area contributed by atoms with E-state index in [-0.39, 0.29) is 20.7 Å². The highest BCUT2D eigenvalue weighted by molar-refractivity contribution is 5.88. The van der Waals surface area contributed by atoms with E-state index in [0.717, 1.165) is 0 Å². The molecule has 1 aliphatic carbocycles. The number of carbonyl (C=O) groups excluding carboxylic acids is 1. The molecule has 1 atom stereocenters. The summed E-state index contributed by atoms with van der Waals surface area (Å²) in [5.74, 6) is 0.615. The van der Waals surface area contributed by atoms with E-state index in [1.807, 2.05) is 6.92 Å². The van der Waals surface area contributed by atoms with Crippen LogP contribution in [0.5, 0.6) is 0 Å². The zero-order chi connectivity index (χ0) is 14.8. The van der Waals surface area contributed by atoms with Crippen LogP contribution in [0.15, 0.2) is 36.5 Å². The van der Waals surface area contributed by atoms with Gasteiger partial charge < -0.3 is 5.32 Å². The third kappa shape index (κ3) is 3.21. The lowest BCUT2D eigenvalue weighted by molar-refractivity contribution is 0.248. The second-order valence-corrected chi connectivity index (χ2v) is 5.32. The average Bonchev–Trinajstić information content (AvgIpc) is 3.21. The molecule has 5 nitrogen and oxygen atoms in total. The van der Waals surface area contributed by atoms with E-state index in [2.05, 4.69) is 15.7 Å². The van der Waals surface area contributed by atoms with Gasteiger partial charge in [0.15, 0.2) is 5.82 Å². The lowest BCUT2D eigenvalue weighted by Gasteiger charge is -2.12. The molecule has 0 saturated heterocycles. The zero-order valence-electron chi connectivity index (χ0n) is 11.7. The number of rotatable bonds is 4. The Balaban J connectivity index is 0.00000132. The van der Waals surface area contributed by atoms with E-state index in [1.54, 1.807) is 30.5 Å². The van der Waals surface area contributed by atoms with Crippen LogP contribution in [0.2, 0.25) is 0 Å². The Hall–Kier alpha value is -2.37. The predicted molar refractivity (Wildman–Crippen MR) is 82.1 cm³/mol. The van der Waals surface area contributed by atoms with Crippen LogP contribution < -0.4 is 10.6 Å². The van der Waals surface area contributed by atoms with Crippen LogP contribution in [-0.4, -0.2) is 21.9 Å². The highest BCUT2D eigenvalue weighted by Gasteiger charge is 2.28. The lowest BCUT2D eigenvalue weighted by Crippen LogP contribution is -2.37. The molecule has 1 aromatic carbocycles. The first-order valence-electron chi connectivity index (χ1n) is 7.01. The summed E-state index contributed by atoms with van der Waals surface area (Å²) in [7, 11) is 0. The average molecular weight is 292 g/mol. The van der Waals surface area contributed by atoms with Gasteiger partial charge in [-0.25, -0.2) is 13.9 Å². The molecule has 114 valence electrons. The summed E-state index contributed by atoms with van der Waals surface area (Å²) in [4.78, 5) is 11.8. The van der Waals surface area contributed by atoms with Crippen molar-refractivity contribution in [2.45, 2.75) is 25.8 Å². The fraction of sp³-hybridized carbons (Fsp3) is 0.333. The molecule has 2 amide bonds. The molecule has 2 aromatic rings. The van der Waals surface area contributed by atoms with Gasteiger partial charge in [-0.15, -0.1) is 5.10 Å². The van der Waals surface area contributed by atoms with E-state index < -0.39 is 0 Å². The molecule has 0 unspecified atom stereocenters. The molecule has 6 heteroatoms. The maximum absolute atomic E-state index is 13.7. The Morgan fingerprint density at radius 2 is 2.19 bits per heavy atom. The summed E-state index contributed by atoms with van der Waals surface area (Å²) >= 11 is 0. The van der Waals surface area contributed by atoms with Crippen LogP contribution >= 0.6 is 0 Å². The van der Waals surface area contributed by atoms with E-state index >= 15 is 0 Å². The summed E-state index contributed by atoms with van der Waals surface area (Å²) in [6.45, 7) is 2.00. The molecule has 0 aliphatic heterocycles. The fourth-order valence-electron chi connectivity index (χ4n) is 2.24. The van der Waals surface area contributed by atoms with Gasteiger partial charge in [-0.05, 0) is 37.8 Å². The summed E-state index contributed by atoms with van der Waals surface area (Å²) in [5, 5.41) is 9.69. The molecule has 3 rings (SSSR count). The Bertz CT molecular complexity index is 660. The molecule has 0 spiro atoms. The van der Waals surface area contributed by atoms with Crippen molar-refractivity contribution in [3.63, 3.8) is 0 Å². The predicted octanol–water partition coefficient (Wildman–Crippen LogP) is 3.42. The minimum atomic E-state index is -0.362. The van der Waals surface area contributed by atoms with Crippen molar-refractivity contribution in [3.8, 4) is 5.69 Å². The molecule has 1 aromatic heterocycles. The van der Waals surface area contributed by atoms with Crippen molar-refractivity contribution in [2.75, 3.05) is 5.32 Å². The van der Waals surface area contributed by atoms with Gasteiger partial charge >= 0.3 is 6.03 Å². The SMILES string of the molecule is C[C@H](NC(=O)Nc1ccn(-c2ccccc2F)n1)C1CC1.[HH].[HH]. The van der Waals surface area contributed by atoms with Crippen LogP contribution in [0.25, 0.3) is 5.69 Å². The smallest absolute Gasteiger partial charge is 0.320 e. The minimum Gasteiger partial charge on any atom is -0.335 e. The van der Waals surface area contributed by atoms with Gasteiger partial charge in [-0.3, -0.25) is 5.32 Å². The van der Waals surface area contributed by atoms with Crippen LogP contribution in [-0.2, 0) is 0 Å². The van der Waals surface area contributed by atoms with Crippen molar-refractivity contribution >= 4 is 11.8 Å². The summed E-state index contributed by atoms with van der Waals surface area (Å²) < 4.78 is 15.1. The molecule has 21 heavy (non-hydrogen) atoms. The van der Waals surface area contributed by atoms with E-state index in [4.69, 9.17) is 0 Å². The maximum atomic E-state index is 13.7. The normalized spacial score (nSPS) is 15.5. The molecule has 1 heterocycles. The number of hydrogen-bond donors (Lipinski definition) is 2. The molecular weight excluding hydrogens is 271 g/mol. The number of aromatic nitrogens is 2. The van der Waals surface area contributed by atoms with E-state index in [9.17, 15) is 9.18 Å². The number of nitrogens with one attached hydrogen (secondary N) is 2. The molecular formula is C15H21FN4O. The number of benzene rings is 1. The Kier molecular flexibility index (Phi) is 3.60. The Morgan fingerprint density at radius 1 is 1.43 bits per heavy atom. The van der Waals surface area contributed by atoms with Crippen molar-refractivity contribution in [3.05, 3.63) is 42.3 Å². The van der Waals surface area contributed by atoms with Crippen molar-refractivity contribution in [1.82, 2.24) is 15.1 Å². The second-order valence-electron chi connectivity index (χ2n) is 5.32. The zero-order valence-corrected chi connectivity index (χ0v) is 11.7. The molecule has 2 N–H and O–H groups in total. The molecule has 1 fully saturated rings. The van der Waals surface area contributed by atoms with Gasteiger partial charge in [0, 0.05) is 21.2 Å². The summed E-state index contributed by atoms with van der Waals surface area (Å²) in [5.41, 5.74) is 0.345. The van der Waals surface area contributed by atoms with Crippen LogP contribution in [0.4, 0.5) is 15.0 Å². The third-order valence-electron chi connectivity index (χ3n) is 3.62. The number of hydrogen-bond acceptors (Lipinski definition) is 2. The standard InChI is InChI=1S/C15H17FN4O.2H2/c1-10(11-6-7-11)17-15(21)18-14-8-9-20(19-14)13-5-3-2-4-12(13)16;;/h2-5,8-11H,6-7H2,1H3,(H2,17,18,19,21);2*1H/t10-;;/m0../s1. The van der Waals surface area contributed by atoms with E-state index in [1.165, 1.54) is 23.6 Å². The first-order valence-corrected chi connectivity index (χ1v) is 7.01. The second kappa shape index (κ2) is 5.55. The third-order valence-corrected chi connectivity index (χ3v) is 3.62. The number of amides is 2. The molecule has 1 saturated carbocycles. The Morgan fingerprint density at radius 3 is 2.90 bits per heavy atom. The Labute approximate surface area is 125 Å². The lowest BCUT2D eigenvalue weighted by atomic mass is 10.2. The maximum Gasteiger partial charge on any atom is 0.320 e. The quantitative estimate of drug-likeness (QED) is 0.907. The number of halogens is 1. The number of para-hydroxylation sites is 1. The monoisotopic (exact) mass is 292 g/mol. The van der Waals surface area contributed by atoms with Gasteiger partial charge in [0.25, 0.3) is 0 Å². The number of carbonyl (C=O) groups is 1. The van der Waals surface area contributed by atoms with Crippen LogP contribution in [0, 0.1) is 11.7 Å². The number of anilines is 1. The van der Waals surface area contributed by atoms with Crippen LogP contribution in [0.3, 0.4) is 0 Å². The fourth-order valence-corrected chi connectivity index (χ4v) is 2.24. The topological polar surface area (TPSA) is 59.0 Å². The summed E-state index contributed by atoms with van der Waals surface area (Å²) in [6.07, 6.45) is 3.95. The summed E-state index contributed by atoms with van der Waals surface area (Å²) in [6, 6.07) is 7.86. The first-order chi connectivity index (χ1) is 10.1. The van der Waals surface area contributed by atoms with Crippen molar-refractivity contribution in [2.24, 2.45) is 5.92 Å². The van der Waals surface area contributed by atoms with Gasteiger partial charge in [0.05, 0.1) is 0 Å². The number of urea groups is 1. The van der Waals surface area contributed by atoms with Crippen molar-refractivity contribution < 1.29 is 12.0 Å². The van der Waals surface area contributed by atoms with Gasteiger partial charge in [0.1, 0.15) is 11.5 Å². The highest BCUT2D eigenvalue weighted by Crippen LogP contribution is 2.32. The van der Waals surface area contributed by atoms with Gasteiger partial charge in [0.2, 0.25) is 0 Å². The molecule has 1 aliphatic rings. The molecule has 0 radical (unpaired) electrons. The van der Waals surface area contributed by atoms with E-state index in [0.29, 0.717) is 17.4 Å². The molecule has 0 bridgehead atoms. The first kappa shape index (κ1) is 13.6. The van der Waals surface area contributed by atoms with Gasteiger partial charge in [-0.1, -0.05) is 12.1 Å². The van der Waals surface area contributed by atoms with Crippen LogP contribution in [0.1, 0.15) is 22.6 Å². The number of nitrogens with zero attached hydrogens (tertiary/aromatic N) is 2. The largest absolute Gasteiger partial charge is 0.335 e. The van der Waals surface area contributed by atoms with Crippen molar-refractivity contribution in [1.29, 1.82) is 0 Å². The minimum absolute atomic E-state index is 0.